The number of aryl methyl sites for hydroxylation is 1. The maximum atomic E-state index is 14.6. The van der Waals surface area contributed by atoms with Crippen molar-refractivity contribution in [2.75, 3.05) is 57.3 Å². The zero-order valence-electron chi connectivity index (χ0n) is 50.5. The van der Waals surface area contributed by atoms with Gasteiger partial charge < -0.3 is 46.1 Å². The lowest BCUT2D eigenvalue weighted by Crippen LogP contribution is -2.60. The lowest BCUT2D eigenvalue weighted by Gasteiger charge is -2.39. The van der Waals surface area contributed by atoms with Crippen LogP contribution in [0.4, 0.5) is 5.82 Å². The van der Waals surface area contributed by atoms with E-state index >= 15 is 0 Å². The maximum Gasteiger partial charge on any atom is 0.246 e. The molecule has 6 heterocycles. The fraction of sp³-hybridized carbons (Fsp3) is 0.515. The van der Waals surface area contributed by atoms with Crippen molar-refractivity contribution in [3.63, 3.8) is 0 Å². The normalized spacial score (nSPS) is 18.0. The monoisotopic (exact) mass is 1210 g/mol. The molecule has 0 unspecified atom stereocenters. The lowest BCUT2D eigenvalue weighted by molar-refractivity contribution is -0.144. The number of carbonyl (C=O) groups excluding carboxylic acids is 5. The number of hydrogen-bond acceptors (Lipinski definition) is 13. The van der Waals surface area contributed by atoms with Gasteiger partial charge >= 0.3 is 0 Å². The summed E-state index contributed by atoms with van der Waals surface area (Å²) in [6.45, 7) is 13.6. The summed E-state index contributed by atoms with van der Waals surface area (Å²) in [6, 6.07) is 25.7. The Kier molecular flexibility index (Phi) is 22.4. The number of ether oxygens (including phenoxy) is 1. The molecule has 0 aliphatic carbocycles. The van der Waals surface area contributed by atoms with Crippen LogP contribution in [-0.4, -0.2) is 140 Å². The van der Waals surface area contributed by atoms with E-state index in [9.17, 15) is 24.0 Å². The minimum Gasteiger partial charge on any atom is -0.372 e. The molecule has 0 radical (unpaired) electrons. The number of rotatable bonds is 27. The summed E-state index contributed by atoms with van der Waals surface area (Å²) in [5.74, 6) is 0.190. The minimum absolute atomic E-state index is 0.156. The van der Waals surface area contributed by atoms with E-state index in [2.05, 4.69) is 45.7 Å². The highest BCUT2D eigenvalue weighted by molar-refractivity contribution is 7.13. The molecule has 6 aromatic rings. The van der Waals surface area contributed by atoms with Crippen LogP contribution in [0.2, 0.25) is 5.02 Å². The summed E-state index contributed by atoms with van der Waals surface area (Å²) in [5, 5.41) is 11.1. The molecule has 6 N–H and O–H groups in total. The number of amides is 5. The second kappa shape index (κ2) is 30.2. The van der Waals surface area contributed by atoms with Gasteiger partial charge in [-0.2, -0.15) is 0 Å². The predicted molar refractivity (Wildman–Crippen MR) is 339 cm³/mol. The summed E-state index contributed by atoms with van der Waals surface area (Å²) in [5.41, 5.74) is 12.8. The van der Waals surface area contributed by atoms with Gasteiger partial charge in [0.15, 0.2) is 0 Å². The van der Waals surface area contributed by atoms with E-state index in [0.29, 0.717) is 89.3 Å². The molecule has 3 aliphatic heterocycles. The zero-order valence-corrected chi connectivity index (χ0v) is 52.1. The van der Waals surface area contributed by atoms with Crippen LogP contribution >= 0.6 is 22.9 Å². The number of piperidine rings is 1. The number of aromatic amines is 1. The number of thiazole rings is 1. The fourth-order valence-electron chi connectivity index (χ4n) is 12.0. The van der Waals surface area contributed by atoms with Gasteiger partial charge in [-0.05, 0) is 84.9 Å². The minimum atomic E-state index is -1.02. The maximum absolute atomic E-state index is 14.6. The van der Waals surface area contributed by atoms with E-state index in [1.165, 1.54) is 0 Å². The Hall–Kier alpha value is -6.77. The van der Waals surface area contributed by atoms with Gasteiger partial charge in [0.2, 0.25) is 29.5 Å². The van der Waals surface area contributed by atoms with Crippen molar-refractivity contribution >= 4 is 69.3 Å². The van der Waals surface area contributed by atoms with Crippen LogP contribution in [0.1, 0.15) is 139 Å². The number of hydrogen-bond donors (Lipinski definition) is 5. The number of piperazine rings is 1. The molecule has 20 heteroatoms. The van der Waals surface area contributed by atoms with E-state index < -0.39 is 23.0 Å². The van der Waals surface area contributed by atoms with Crippen molar-refractivity contribution in [2.24, 2.45) is 11.1 Å². The first-order valence-corrected chi connectivity index (χ1v) is 32.2. The molecule has 86 heavy (non-hydrogen) atoms. The first kappa shape index (κ1) is 63.7. The Morgan fingerprint density at radius 3 is 2.16 bits per heavy atom. The number of nitrogens with one attached hydrogen (secondary N) is 4. The number of fused-ring (bicyclic) bond motifs is 1. The fourth-order valence-corrected chi connectivity index (χ4v) is 12.9. The molecule has 3 fully saturated rings. The number of aromatic nitrogens is 4. The van der Waals surface area contributed by atoms with Crippen molar-refractivity contribution in [1.82, 2.24) is 50.6 Å². The van der Waals surface area contributed by atoms with Crippen LogP contribution in [0.3, 0.4) is 0 Å². The van der Waals surface area contributed by atoms with Gasteiger partial charge in [0.25, 0.3) is 0 Å². The Balaban J connectivity index is 0.650. The Morgan fingerprint density at radius 2 is 1.49 bits per heavy atom. The van der Waals surface area contributed by atoms with Crippen molar-refractivity contribution in [3.05, 3.63) is 130 Å². The molecule has 3 aliphatic rings. The molecule has 0 spiro atoms. The zero-order chi connectivity index (χ0) is 60.6. The third-order valence-electron chi connectivity index (χ3n) is 17.3. The van der Waals surface area contributed by atoms with Crippen LogP contribution in [0.5, 0.6) is 0 Å². The van der Waals surface area contributed by atoms with Crippen LogP contribution in [-0.2, 0) is 41.9 Å². The van der Waals surface area contributed by atoms with Crippen molar-refractivity contribution < 1.29 is 28.7 Å². The van der Waals surface area contributed by atoms with Gasteiger partial charge in [-0.25, -0.2) is 15.0 Å². The van der Waals surface area contributed by atoms with E-state index in [0.717, 1.165) is 114 Å². The van der Waals surface area contributed by atoms with Crippen molar-refractivity contribution in [3.8, 4) is 10.4 Å². The summed E-state index contributed by atoms with van der Waals surface area (Å²) < 4.78 is 6.32. The second-order valence-electron chi connectivity index (χ2n) is 24.7. The number of benzene rings is 3. The largest absolute Gasteiger partial charge is 0.372 e. The second-order valence-corrected chi connectivity index (χ2v) is 26.0. The Labute approximate surface area is 515 Å². The van der Waals surface area contributed by atoms with Gasteiger partial charge in [0, 0.05) is 89.4 Å². The highest BCUT2D eigenvalue weighted by atomic mass is 35.5. The number of carbonyl (C=O) groups is 5. The molecule has 4 atom stereocenters. The number of likely N-dealkylation sites (tertiary alicyclic amines) is 1. The number of H-pyrrole nitrogens is 1. The molecular formula is C66H87ClN12O6S. The Bertz CT molecular complexity index is 3170. The number of unbranched alkanes of at least 4 members (excludes halogenated alkanes) is 7. The third kappa shape index (κ3) is 17.3. The first-order valence-electron chi connectivity index (χ1n) is 30.9. The van der Waals surface area contributed by atoms with Gasteiger partial charge in [-0.3, -0.25) is 28.9 Å². The standard InChI is InChI=1S/C66H87ClN12O6S/c1-46-58(86-45-73-46)50-22-20-47(21-23-50)41-70-62(82)55-40-52(85-43-48-16-12-11-13-17-48)42-79(55)63(83)59(65(2,3)4)75-56(80)18-14-9-7-5-6-8-10-15-19-57(81)77-38-36-76(37-39-77)33-29-54(49-24-26-51(67)27-25-49)74-64(84)66(68)30-34-78(35-31-66)61-53-28-32-69-60(53)71-44-72-61/h11-13,16-17,20-28,32,44-45,52,54-55,59H,5-10,14-15,18-19,29-31,33-43,68H2,1-4H3,(H,70,82)(H,74,84)(H,75,80)(H,69,71,72)/t52-,54+,55+,59-/m1/s1. The van der Waals surface area contributed by atoms with Crippen LogP contribution < -0.4 is 26.6 Å². The van der Waals surface area contributed by atoms with E-state index in [1.807, 2.05) is 129 Å². The number of nitrogens with zero attached hydrogens (tertiary/aromatic N) is 7. The molecule has 0 saturated carbocycles. The number of nitrogens with two attached hydrogens (primary N) is 1. The van der Waals surface area contributed by atoms with Crippen molar-refractivity contribution in [1.29, 1.82) is 0 Å². The van der Waals surface area contributed by atoms with Gasteiger partial charge in [0.1, 0.15) is 29.9 Å². The summed E-state index contributed by atoms with van der Waals surface area (Å²) in [7, 11) is 0. The summed E-state index contributed by atoms with van der Waals surface area (Å²) in [6.07, 6.45) is 13.6. The molecule has 5 amide bonds. The van der Waals surface area contributed by atoms with Gasteiger partial charge in [0.05, 0.1) is 45.8 Å². The first-order chi connectivity index (χ1) is 41.5. The SMILES string of the molecule is Cc1ncsc1-c1ccc(CNC(=O)[C@@H]2C[C@@H](OCc3ccccc3)CN2C(=O)[C@@H](NC(=O)CCCCCCCCCCC(=O)N2CCN(CC[C@H](NC(=O)C3(N)CCN(c4ncnc5[nH]ccc45)CC3)c3ccc(Cl)cc3)CC2)C(C)(C)C)cc1. The molecule has 3 saturated heterocycles. The smallest absolute Gasteiger partial charge is 0.246 e. The van der Waals surface area contributed by atoms with Crippen LogP contribution in [0.25, 0.3) is 21.5 Å². The van der Waals surface area contributed by atoms with E-state index in [1.54, 1.807) is 22.6 Å². The highest BCUT2D eigenvalue weighted by Gasteiger charge is 2.45. The van der Waals surface area contributed by atoms with Crippen molar-refractivity contribution in [2.45, 2.75) is 161 Å². The molecule has 18 nitrogen and oxygen atoms in total. The topological polar surface area (TPSA) is 224 Å². The molecule has 0 bridgehead atoms. The number of anilines is 1. The molecule has 3 aromatic carbocycles. The average molecular weight is 1210 g/mol. The third-order valence-corrected chi connectivity index (χ3v) is 18.6. The summed E-state index contributed by atoms with van der Waals surface area (Å²) in [4.78, 5) is 95.1. The highest BCUT2D eigenvalue weighted by Crippen LogP contribution is 2.32. The van der Waals surface area contributed by atoms with Crippen LogP contribution in [0, 0.1) is 12.3 Å². The molecule has 460 valence electrons. The van der Waals surface area contributed by atoms with E-state index in [4.69, 9.17) is 22.1 Å². The lowest BCUT2D eigenvalue weighted by atomic mass is 9.85. The van der Waals surface area contributed by atoms with Gasteiger partial charge in [-0.1, -0.05) is 138 Å². The molecule has 9 rings (SSSR count). The molecule has 3 aromatic heterocycles. The molecular weight excluding hydrogens is 1120 g/mol. The number of halogens is 1. The van der Waals surface area contributed by atoms with E-state index in [-0.39, 0.29) is 48.2 Å². The Morgan fingerprint density at radius 1 is 0.802 bits per heavy atom. The quantitative estimate of drug-likeness (QED) is 0.0304. The summed E-state index contributed by atoms with van der Waals surface area (Å²) >= 11 is 7.87. The van der Waals surface area contributed by atoms with Crippen LogP contribution in [0.15, 0.2) is 103 Å². The van der Waals surface area contributed by atoms with Gasteiger partial charge in [-0.15, -0.1) is 11.3 Å². The predicted octanol–water partition coefficient (Wildman–Crippen LogP) is 9.67. The average Bonchev–Trinajstić information content (AvgIpc) is 2.43.